The highest BCUT2D eigenvalue weighted by molar-refractivity contribution is 5.54. The Labute approximate surface area is 102 Å². The third-order valence-electron chi connectivity index (χ3n) is 2.67. The molecule has 0 heterocycles. The molecule has 3 N–H and O–H groups in total. The molecule has 0 radical (unpaired) electrons. The summed E-state index contributed by atoms with van der Waals surface area (Å²) >= 11 is 0. The van der Waals surface area contributed by atoms with Crippen LogP contribution in [0, 0.1) is 0 Å². The molecule has 1 rings (SSSR count). The maximum atomic E-state index is 5.69. The molecule has 5 nitrogen and oxygen atoms in total. The third kappa shape index (κ3) is 2.81. The molecule has 0 aliphatic heterocycles. The fourth-order valence-electron chi connectivity index (χ4n) is 1.72. The van der Waals surface area contributed by atoms with E-state index in [2.05, 4.69) is 5.32 Å². The SMILES string of the molecule is CNC(CN)c1cc(OC)c(OC)c(OC)c1. The van der Waals surface area contributed by atoms with Crippen molar-refractivity contribution in [2.45, 2.75) is 6.04 Å². The third-order valence-corrected chi connectivity index (χ3v) is 2.67. The number of nitrogens with one attached hydrogen (secondary N) is 1. The lowest BCUT2D eigenvalue weighted by atomic mass is 10.1. The second kappa shape index (κ2) is 6.32. The van der Waals surface area contributed by atoms with Gasteiger partial charge in [0.25, 0.3) is 0 Å². The van der Waals surface area contributed by atoms with E-state index in [1.165, 1.54) is 0 Å². The minimum absolute atomic E-state index is 0.0590. The van der Waals surface area contributed by atoms with E-state index in [4.69, 9.17) is 19.9 Å². The fourth-order valence-corrected chi connectivity index (χ4v) is 1.72. The Balaban J connectivity index is 3.26. The highest BCUT2D eigenvalue weighted by atomic mass is 16.5. The van der Waals surface area contributed by atoms with E-state index in [1.807, 2.05) is 19.2 Å². The molecule has 0 saturated carbocycles. The summed E-state index contributed by atoms with van der Waals surface area (Å²) in [6.07, 6.45) is 0. The summed E-state index contributed by atoms with van der Waals surface area (Å²) in [7, 11) is 6.63. The molecule has 1 aromatic carbocycles. The zero-order valence-electron chi connectivity index (χ0n) is 10.7. The van der Waals surface area contributed by atoms with Crippen LogP contribution in [-0.2, 0) is 0 Å². The van der Waals surface area contributed by atoms with Crippen molar-refractivity contribution in [3.05, 3.63) is 17.7 Å². The zero-order valence-corrected chi connectivity index (χ0v) is 10.7. The van der Waals surface area contributed by atoms with Crippen LogP contribution in [0.5, 0.6) is 17.2 Å². The first-order valence-electron chi connectivity index (χ1n) is 5.39. The van der Waals surface area contributed by atoms with E-state index in [0.29, 0.717) is 23.8 Å². The van der Waals surface area contributed by atoms with Crippen molar-refractivity contribution in [2.75, 3.05) is 34.9 Å². The van der Waals surface area contributed by atoms with Crippen LogP contribution in [0.2, 0.25) is 0 Å². The summed E-state index contributed by atoms with van der Waals surface area (Å²) in [6, 6.07) is 3.86. The van der Waals surface area contributed by atoms with Crippen LogP contribution in [0.1, 0.15) is 11.6 Å². The largest absolute Gasteiger partial charge is 0.493 e. The Morgan fingerprint density at radius 2 is 1.65 bits per heavy atom. The summed E-state index contributed by atoms with van der Waals surface area (Å²) in [6.45, 7) is 0.495. The van der Waals surface area contributed by atoms with Crippen molar-refractivity contribution in [3.8, 4) is 17.2 Å². The highest BCUT2D eigenvalue weighted by Gasteiger charge is 2.16. The van der Waals surface area contributed by atoms with Crippen molar-refractivity contribution < 1.29 is 14.2 Å². The molecule has 0 fully saturated rings. The van der Waals surface area contributed by atoms with Gasteiger partial charge in [-0.15, -0.1) is 0 Å². The smallest absolute Gasteiger partial charge is 0.203 e. The molecule has 5 heteroatoms. The van der Waals surface area contributed by atoms with Gasteiger partial charge in [0.15, 0.2) is 11.5 Å². The number of hydrogen-bond acceptors (Lipinski definition) is 5. The summed E-state index contributed by atoms with van der Waals surface area (Å²) in [4.78, 5) is 0. The van der Waals surface area contributed by atoms with Crippen LogP contribution in [0.15, 0.2) is 12.1 Å². The van der Waals surface area contributed by atoms with Gasteiger partial charge in [0.05, 0.1) is 21.3 Å². The molecule has 0 aliphatic carbocycles. The molecular weight excluding hydrogens is 220 g/mol. The van der Waals surface area contributed by atoms with Crippen molar-refractivity contribution in [3.63, 3.8) is 0 Å². The Hall–Kier alpha value is -1.46. The number of methoxy groups -OCH3 is 3. The summed E-state index contributed by atoms with van der Waals surface area (Å²) < 4.78 is 15.8. The van der Waals surface area contributed by atoms with Gasteiger partial charge in [0.1, 0.15) is 0 Å². The van der Waals surface area contributed by atoms with Crippen LogP contribution in [0.3, 0.4) is 0 Å². The molecule has 0 aliphatic rings. The number of ether oxygens (including phenoxy) is 3. The zero-order chi connectivity index (χ0) is 12.8. The van der Waals surface area contributed by atoms with Gasteiger partial charge >= 0.3 is 0 Å². The molecule has 0 spiro atoms. The molecular formula is C12H20N2O3. The quantitative estimate of drug-likeness (QED) is 0.774. The standard InChI is InChI=1S/C12H20N2O3/c1-14-9(7-13)8-5-10(15-2)12(17-4)11(6-8)16-3/h5-6,9,14H,7,13H2,1-4H3. The summed E-state index contributed by atoms with van der Waals surface area (Å²) in [5, 5.41) is 3.13. The lowest BCUT2D eigenvalue weighted by molar-refractivity contribution is 0.323. The van der Waals surface area contributed by atoms with E-state index >= 15 is 0 Å². The first-order valence-corrected chi connectivity index (χ1v) is 5.39. The molecule has 1 unspecified atom stereocenters. The van der Waals surface area contributed by atoms with Crippen molar-refractivity contribution in [1.29, 1.82) is 0 Å². The lowest BCUT2D eigenvalue weighted by Gasteiger charge is -2.18. The Kier molecular flexibility index (Phi) is 5.06. The molecule has 0 aromatic heterocycles. The van der Waals surface area contributed by atoms with E-state index in [1.54, 1.807) is 21.3 Å². The average Bonchev–Trinajstić information content (AvgIpc) is 2.38. The fraction of sp³-hybridized carbons (Fsp3) is 0.500. The first kappa shape index (κ1) is 13.6. The predicted octanol–water partition coefficient (Wildman–Crippen LogP) is 0.932. The van der Waals surface area contributed by atoms with Gasteiger partial charge in [-0.2, -0.15) is 0 Å². The number of rotatable bonds is 6. The predicted molar refractivity (Wildman–Crippen MR) is 67.0 cm³/mol. The van der Waals surface area contributed by atoms with Crippen molar-refractivity contribution >= 4 is 0 Å². The maximum Gasteiger partial charge on any atom is 0.203 e. The van der Waals surface area contributed by atoms with Gasteiger partial charge in [0.2, 0.25) is 5.75 Å². The van der Waals surface area contributed by atoms with Crippen LogP contribution in [0.25, 0.3) is 0 Å². The second-order valence-corrected chi connectivity index (χ2v) is 3.54. The number of nitrogens with two attached hydrogens (primary N) is 1. The van der Waals surface area contributed by atoms with E-state index < -0.39 is 0 Å². The topological polar surface area (TPSA) is 65.7 Å². The lowest BCUT2D eigenvalue weighted by Crippen LogP contribution is -2.24. The highest BCUT2D eigenvalue weighted by Crippen LogP contribution is 2.39. The molecule has 17 heavy (non-hydrogen) atoms. The van der Waals surface area contributed by atoms with E-state index in [0.717, 1.165) is 5.56 Å². The Morgan fingerprint density at radius 3 is 1.94 bits per heavy atom. The minimum atomic E-state index is 0.0590. The molecule has 1 atom stereocenters. The minimum Gasteiger partial charge on any atom is -0.493 e. The van der Waals surface area contributed by atoms with E-state index in [9.17, 15) is 0 Å². The van der Waals surface area contributed by atoms with Crippen LogP contribution in [0.4, 0.5) is 0 Å². The normalized spacial score (nSPS) is 12.1. The van der Waals surface area contributed by atoms with Gasteiger partial charge < -0.3 is 25.3 Å². The molecule has 0 saturated heterocycles. The number of likely N-dealkylation sites (N-methyl/N-ethyl adjacent to an activating group) is 1. The average molecular weight is 240 g/mol. The van der Waals surface area contributed by atoms with Crippen molar-refractivity contribution in [2.24, 2.45) is 5.73 Å². The molecule has 0 amide bonds. The van der Waals surface area contributed by atoms with Gasteiger partial charge in [-0.25, -0.2) is 0 Å². The number of benzene rings is 1. The molecule has 96 valence electrons. The van der Waals surface area contributed by atoms with Gasteiger partial charge in [-0.1, -0.05) is 0 Å². The number of hydrogen-bond donors (Lipinski definition) is 2. The molecule has 0 bridgehead atoms. The summed E-state index contributed by atoms with van der Waals surface area (Å²) in [5.41, 5.74) is 6.70. The second-order valence-electron chi connectivity index (χ2n) is 3.54. The van der Waals surface area contributed by atoms with Gasteiger partial charge in [-0.3, -0.25) is 0 Å². The van der Waals surface area contributed by atoms with Gasteiger partial charge in [0, 0.05) is 12.6 Å². The summed E-state index contributed by atoms with van der Waals surface area (Å²) in [5.74, 6) is 1.86. The maximum absolute atomic E-state index is 5.69. The Bertz CT molecular complexity index is 340. The van der Waals surface area contributed by atoms with Gasteiger partial charge in [-0.05, 0) is 24.7 Å². The van der Waals surface area contributed by atoms with Crippen LogP contribution in [-0.4, -0.2) is 34.9 Å². The van der Waals surface area contributed by atoms with Crippen molar-refractivity contribution in [1.82, 2.24) is 5.32 Å². The monoisotopic (exact) mass is 240 g/mol. The Morgan fingerprint density at radius 1 is 1.12 bits per heavy atom. The van der Waals surface area contributed by atoms with Crippen LogP contribution < -0.4 is 25.3 Å². The van der Waals surface area contributed by atoms with Crippen LogP contribution >= 0.6 is 0 Å². The first-order chi connectivity index (χ1) is 8.21. The van der Waals surface area contributed by atoms with E-state index in [-0.39, 0.29) is 6.04 Å². The molecule has 1 aromatic rings.